The van der Waals surface area contributed by atoms with Gasteiger partial charge in [-0.25, -0.2) is 15.0 Å². The Morgan fingerprint density at radius 2 is 1.41 bits per heavy atom. The highest BCUT2D eigenvalue weighted by Gasteiger charge is 2.19. The number of hydrogen-bond donors (Lipinski definition) is 0. The summed E-state index contributed by atoms with van der Waals surface area (Å²) in [4.78, 5) is 28.6. The molecule has 0 bridgehead atoms. The summed E-state index contributed by atoms with van der Waals surface area (Å²) in [5, 5.41) is 4.51. The van der Waals surface area contributed by atoms with E-state index in [0.717, 1.165) is 22.2 Å². The third-order valence-electron chi connectivity index (χ3n) is 5.14. The molecule has 6 nitrogen and oxygen atoms in total. The van der Waals surface area contributed by atoms with Crippen molar-refractivity contribution in [3.05, 3.63) is 101 Å². The number of thiophene rings is 1. The molecule has 0 fully saturated rings. The van der Waals surface area contributed by atoms with Crippen LogP contribution in [0, 0.1) is 0 Å². The van der Waals surface area contributed by atoms with E-state index in [1.54, 1.807) is 6.21 Å². The maximum Gasteiger partial charge on any atom is 0.292 e. The van der Waals surface area contributed by atoms with Crippen molar-refractivity contribution in [3.63, 3.8) is 0 Å². The van der Waals surface area contributed by atoms with Gasteiger partial charge in [-0.3, -0.25) is 4.79 Å². The van der Waals surface area contributed by atoms with Crippen LogP contribution in [-0.2, 0) is 0 Å². The van der Waals surface area contributed by atoms with Gasteiger partial charge >= 0.3 is 0 Å². The molecule has 0 atom stereocenters. The van der Waals surface area contributed by atoms with E-state index in [4.69, 9.17) is 15.0 Å². The fourth-order valence-electron chi connectivity index (χ4n) is 3.60. The summed E-state index contributed by atoms with van der Waals surface area (Å²) in [6.45, 7) is 0. The standard InChI is InChI=1S/C25H15N5OS/c31-25-22-20(21-24(32-22)28-19-14-8-7-13-18(19)27-21)29-23(17-11-5-2-6-12-17)30(25)26-15-16-9-3-1-4-10-16/h1-15H/b26-15+. The summed E-state index contributed by atoms with van der Waals surface area (Å²) < 4.78 is 1.85. The maximum absolute atomic E-state index is 13.6. The zero-order chi connectivity index (χ0) is 21.5. The van der Waals surface area contributed by atoms with E-state index >= 15 is 0 Å². The summed E-state index contributed by atoms with van der Waals surface area (Å²) in [6.07, 6.45) is 1.67. The van der Waals surface area contributed by atoms with Crippen molar-refractivity contribution in [1.29, 1.82) is 0 Å². The number of nitrogens with zero attached hydrogens (tertiary/aromatic N) is 5. The van der Waals surface area contributed by atoms with Gasteiger partial charge in [0.2, 0.25) is 0 Å². The quantitative estimate of drug-likeness (QED) is 0.364. The average Bonchev–Trinajstić information content (AvgIpc) is 3.21. The number of aromatic nitrogens is 4. The number of fused-ring (bicyclic) bond motifs is 4. The summed E-state index contributed by atoms with van der Waals surface area (Å²) in [5.41, 5.74) is 4.20. The first-order chi connectivity index (χ1) is 15.8. The van der Waals surface area contributed by atoms with Crippen LogP contribution < -0.4 is 5.56 Å². The summed E-state index contributed by atoms with van der Waals surface area (Å²) in [7, 11) is 0. The molecule has 0 radical (unpaired) electrons. The molecule has 0 N–H and O–H groups in total. The Balaban J connectivity index is 1.67. The molecule has 3 heterocycles. The van der Waals surface area contributed by atoms with Crippen molar-refractivity contribution in [2.45, 2.75) is 0 Å². The van der Waals surface area contributed by atoms with Crippen LogP contribution in [0.25, 0.3) is 43.0 Å². The van der Waals surface area contributed by atoms with E-state index in [2.05, 4.69) is 5.10 Å². The first-order valence-electron chi connectivity index (χ1n) is 10.0. The zero-order valence-corrected chi connectivity index (χ0v) is 17.5. The fraction of sp³-hybridized carbons (Fsp3) is 0. The van der Waals surface area contributed by atoms with Crippen molar-refractivity contribution < 1.29 is 0 Å². The molecule has 0 aliphatic rings. The smallest absolute Gasteiger partial charge is 0.266 e. The molecule has 0 aliphatic heterocycles. The molecular formula is C25H15N5OS. The number of rotatable bonds is 3. The van der Waals surface area contributed by atoms with Gasteiger partial charge in [0.15, 0.2) is 5.82 Å². The predicted molar refractivity (Wildman–Crippen MR) is 129 cm³/mol. The molecule has 6 rings (SSSR count). The van der Waals surface area contributed by atoms with E-state index in [-0.39, 0.29) is 5.56 Å². The van der Waals surface area contributed by atoms with E-state index in [9.17, 15) is 4.79 Å². The van der Waals surface area contributed by atoms with Gasteiger partial charge < -0.3 is 0 Å². The minimum atomic E-state index is -0.241. The molecular weight excluding hydrogens is 418 g/mol. The van der Waals surface area contributed by atoms with Gasteiger partial charge in [-0.15, -0.1) is 11.3 Å². The third-order valence-corrected chi connectivity index (χ3v) is 6.19. The second kappa shape index (κ2) is 7.47. The molecule has 3 aromatic carbocycles. The number of benzene rings is 3. The molecule has 7 heteroatoms. The lowest BCUT2D eigenvalue weighted by molar-refractivity contribution is 0.832. The van der Waals surface area contributed by atoms with E-state index in [0.29, 0.717) is 26.4 Å². The van der Waals surface area contributed by atoms with Crippen LogP contribution >= 0.6 is 11.3 Å². The Morgan fingerprint density at radius 1 is 0.750 bits per heavy atom. The molecule has 0 saturated heterocycles. The Bertz CT molecular complexity index is 1690. The van der Waals surface area contributed by atoms with E-state index in [1.807, 2.05) is 84.9 Å². The molecule has 3 aromatic heterocycles. The lowest BCUT2D eigenvalue weighted by Gasteiger charge is -2.07. The Kier molecular flexibility index (Phi) is 4.33. The van der Waals surface area contributed by atoms with Crippen LogP contribution in [0.5, 0.6) is 0 Å². The van der Waals surface area contributed by atoms with Crippen LogP contribution in [0.4, 0.5) is 0 Å². The lowest BCUT2D eigenvalue weighted by Crippen LogP contribution is -2.19. The van der Waals surface area contributed by atoms with Gasteiger partial charge in [-0.2, -0.15) is 9.78 Å². The van der Waals surface area contributed by atoms with Crippen molar-refractivity contribution in [3.8, 4) is 11.4 Å². The van der Waals surface area contributed by atoms with E-state index < -0.39 is 0 Å². The minimum Gasteiger partial charge on any atom is -0.266 e. The van der Waals surface area contributed by atoms with Crippen LogP contribution in [0.1, 0.15) is 5.56 Å². The highest BCUT2D eigenvalue weighted by molar-refractivity contribution is 7.25. The third kappa shape index (κ3) is 3.07. The van der Waals surface area contributed by atoms with Gasteiger partial charge in [0.1, 0.15) is 20.6 Å². The molecule has 32 heavy (non-hydrogen) atoms. The Hall–Kier alpha value is -4.23. The predicted octanol–water partition coefficient (Wildman–Crippen LogP) is 5.10. The van der Waals surface area contributed by atoms with Crippen LogP contribution in [0.3, 0.4) is 0 Å². The van der Waals surface area contributed by atoms with E-state index in [1.165, 1.54) is 16.0 Å². The summed E-state index contributed by atoms with van der Waals surface area (Å²) in [6, 6.07) is 26.9. The molecule has 0 saturated carbocycles. The number of hydrogen-bond acceptors (Lipinski definition) is 6. The minimum absolute atomic E-state index is 0.241. The van der Waals surface area contributed by atoms with Gasteiger partial charge in [0.25, 0.3) is 5.56 Å². The van der Waals surface area contributed by atoms with Crippen molar-refractivity contribution >= 4 is 49.1 Å². The topological polar surface area (TPSA) is 73.0 Å². The highest BCUT2D eigenvalue weighted by Crippen LogP contribution is 2.31. The average molecular weight is 433 g/mol. The molecule has 0 aliphatic carbocycles. The van der Waals surface area contributed by atoms with Crippen LogP contribution in [0.15, 0.2) is 94.8 Å². The molecule has 0 unspecified atom stereocenters. The zero-order valence-electron chi connectivity index (χ0n) is 16.7. The number of para-hydroxylation sites is 2. The fourth-order valence-corrected chi connectivity index (χ4v) is 4.59. The van der Waals surface area contributed by atoms with Gasteiger partial charge in [0, 0.05) is 5.56 Å². The largest absolute Gasteiger partial charge is 0.292 e. The second-order valence-electron chi connectivity index (χ2n) is 7.22. The Labute approximate surface area is 186 Å². The normalized spacial score (nSPS) is 11.8. The first-order valence-corrected chi connectivity index (χ1v) is 10.9. The maximum atomic E-state index is 13.6. The van der Waals surface area contributed by atoms with Gasteiger partial charge in [-0.1, -0.05) is 72.8 Å². The van der Waals surface area contributed by atoms with Gasteiger partial charge in [0.05, 0.1) is 17.2 Å². The van der Waals surface area contributed by atoms with Gasteiger partial charge in [-0.05, 0) is 17.7 Å². The lowest BCUT2D eigenvalue weighted by atomic mass is 10.2. The van der Waals surface area contributed by atoms with Crippen LogP contribution in [0.2, 0.25) is 0 Å². The molecule has 152 valence electrons. The second-order valence-corrected chi connectivity index (χ2v) is 8.22. The molecule has 0 amide bonds. The van der Waals surface area contributed by atoms with Crippen molar-refractivity contribution in [1.82, 2.24) is 19.6 Å². The Morgan fingerprint density at radius 3 is 2.16 bits per heavy atom. The van der Waals surface area contributed by atoms with Crippen molar-refractivity contribution in [2.24, 2.45) is 5.10 Å². The summed E-state index contributed by atoms with van der Waals surface area (Å²) >= 11 is 1.30. The highest BCUT2D eigenvalue weighted by atomic mass is 32.1. The van der Waals surface area contributed by atoms with Crippen molar-refractivity contribution in [2.75, 3.05) is 0 Å². The monoisotopic (exact) mass is 433 g/mol. The summed E-state index contributed by atoms with van der Waals surface area (Å²) in [5.74, 6) is 0.463. The SMILES string of the molecule is O=c1c2sc3nc4ccccc4nc3c2nc(-c2ccccc2)n1/N=C/c1ccccc1. The first kappa shape index (κ1) is 18.5. The molecule has 0 spiro atoms. The molecule has 6 aromatic rings. The van der Waals surface area contributed by atoms with Crippen LogP contribution in [-0.4, -0.2) is 25.8 Å².